The summed E-state index contributed by atoms with van der Waals surface area (Å²) >= 11 is 0. The number of hydrogen-bond donors (Lipinski definition) is 4. The van der Waals surface area contributed by atoms with Crippen LogP contribution in [0.15, 0.2) is 15.7 Å². The Morgan fingerprint density at radius 1 is 1.20 bits per heavy atom. The fourth-order valence-electron chi connectivity index (χ4n) is 1.87. The Bertz CT molecular complexity index is 585. The molecule has 0 radical (unpaired) electrons. The number of aromatic nitrogens is 2. The summed E-state index contributed by atoms with van der Waals surface area (Å²) in [6.45, 7) is 2.46. The molecule has 0 saturated carbocycles. The number of amides is 2. The van der Waals surface area contributed by atoms with Gasteiger partial charge in [0.25, 0.3) is 11.5 Å². The Labute approximate surface area is 113 Å². The first-order valence-corrected chi connectivity index (χ1v) is 6.16. The summed E-state index contributed by atoms with van der Waals surface area (Å²) in [6, 6.07) is 0.964. The van der Waals surface area contributed by atoms with Crippen LogP contribution in [0.2, 0.25) is 0 Å². The maximum Gasteiger partial charge on any atom is 0.326 e. The molecule has 9 nitrogen and oxygen atoms in total. The second kappa shape index (κ2) is 6.15. The molecule has 1 aliphatic rings. The molecule has 1 aromatic heterocycles. The van der Waals surface area contributed by atoms with Gasteiger partial charge in [0, 0.05) is 32.2 Å². The van der Waals surface area contributed by atoms with Crippen molar-refractivity contribution in [2.75, 3.05) is 32.7 Å². The lowest BCUT2D eigenvalue weighted by molar-refractivity contribution is -0.130. The summed E-state index contributed by atoms with van der Waals surface area (Å²) in [5, 5.41) is 5.49. The Kier molecular flexibility index (Phi) is 4.31. The zero-order chi connectivity index (χ0) is 14.5. The van der Waals surface area contributed by atoms with Crippen molar-refractivity contribution in [3.05, 3.63) is 32.6 Å². The molecule has 1 saturated heterocycles. The molecular formula is C11H15N5O4. The molecule has 2 amide bonds. The molecule has 0 aromatic carbocycles. The van der Waals surface area contributed by atoms with Gasteiger partial charge in [0.05, 0.1) is 6.54 Å². The monoisotopic (exact) mass is 281 g/mol. The summed E-state index contributed by atoms with van der Waals surface area (Å²) in [7, 11) is 0. The number of carbonyl (C=O) groups excluding carboxylic acids is 2. The van der Waals surface area contributed by atoms with E-state index < -0.39 is 17.2 Å². The predicted octanol–water partition coefficient (Wildman–Crippen LogP) is -2.78. The number of H-pyrrole nitrogens is 2. The van der Waals surface area contributed by atoms with Crippen LogP contribution in [0.4, 0.5) is 0 Å². The van der Waals surface area contributed by atoms with Crippen LogP contribution >= 0.6 is 0 Å². The molecule has 0 bridgehead atoms. The molecule has 1 aromatic rings. The van der Waals surface area contributed by atoms with Crippen LogP contribution in [0.5, 0.6) is 0 Å². The minimum Gasteiger partial charge on any atom is -0.342 e. The van der Waals surface area contributed by atoms with Crippen molar-refractivity contribution in [2.24, 2.45) is 0 Å². The zero-order valence-electron chi connectivity index (χ0n) is 10.7. The molecule has 1 aliphatic heterocycles. The van der Waals surface area contributed by atoms with Crippen LogP contribution in [0, 0.1) is 0 Å². The molecule has 0 unspecified atom stereocenters. The average Bonchev–Trinajstić information content (AvgIpc) is 2.44. The molecule has 108 valence electrons. The van der Waals surface area contributed by atoms with E-state index in [1.165, 1.54) is 0 Å². The Morgan fingerprint density at radius 2 is 1.90 bits per heavy atom. The van der Waals surface area contributed by atoms with Gasteiger partial charge in [-0.05, 0) is 0 Å². The molecule has 1 fully saturated rings. The average molecular weight is 281 g/mol. The van der Waals surface area contributed by atoms with E-state index in [1.807, 2.05) is 4.98 Å². The third-order valence-corrected chi connectivity index (χ3v) is 2.87. The van der Waals surface area contributed by atoms with E-state index in [4.69, 9.17) is 0 Å². The highest BCUT2D eigenvalue weighted by Crippen LogP contribution is 1.93. The van der Waals surface area contributed by atoms with Crippen LogP contribution in [0.1, 0.15) is 10.5 Å². The smallest absolute Gasteiger partial charge is 0.326 e. The zero-order valence-corrected chi connectivity index (χ0v) is 10.7. The van der Waals surface area contributed by atoms with Gasteiger partial charge >= 0.3 is 5.69 Å². The van der Waals surface area contributed by atoms with Gasteiger partial charge in [-0.3, -0.25) is 19.4 Å². The topological polar surface area (TPSA) is 127 Å². The van der Waals surface area contributed by atoms with Gasteiger partial charge in [-0.25, -0.2) is 4.79 Å². The summed E-state index contributed by atoms with van der Waals surface area (Å²) in [4.78, 5) is 51.4. The van der Waals surface area contributed by atoms with E-state index in [0.29, 0.717) is 13.1 Å². The lowest BCUT2D eigenvalue weighted by Crippen LogP contribution is -2.49. The molecule has 2 rings (SSSR count). The van der Waals surface area contributed by atoms with E-state index in [9.17, 15) is 19.2 Å². The van der Waals surface area contributed by atoms with E-state index in [1.54, 1.807) is 4.90 Å². The lowest BCUT2D eigenvalue weighted by Gasteiger charge is -2.27. The van der Waals surface area contributed by atoms with Gasteiger partial charge in [0.15, 0.2) is 0 Å². The fraction of sp³-hybridized carbons (Fsp3) is 0.455. The van der Waals surface area contributed by atoms with Gasteiger partial charge in [0.1, 0.15) is 5.69 Å². The van der Waals surface area contributed by atoms with Crippen molar-refractivity contribution in [3.8, 4) is 0 Å². The highest BCUT2D eigenvalue weighted by Gasteiger charge is 2.17. The number of nitrogens with one attached hydrogen (secondary N) is 4. The molecule has 0 spiro atoms. The van der Waals surface area contributed by atoms with Crippen molar-refractivity contribution in [3.63, 3.8) is 0 Å². The first-order valence-electron chi connectivity index (χ1n) is 6.16. The van der Waals surface area contributed by atoms with Crippen molar-refractivity contribution in [2.45, 2.75) is 0 Å². The van der Waals surface area contributed by atoms with Gasteiger partial charge in [0.2, 0.25) is 5.91 Å². The van der Waals surface area contributed by atoms with Gasteiger partial charge in [-0.1, -0.05) is 0 Å². The van der Waals surface area contributed by atoms with E-state index in [0.717, 1.165) is 19.2 Å². The number of piperazine rings is 1. The first kappa shape index (κ1) is 14.0. The molecule has 0 atom stereocenters. The maximum atomic E-state index is 11.8. The van der Waals surface area contributed by atoms with E-state index in [-0.39, 0.29) is 18.1 Å². The van der Waals surface area contributed by atoms with Gasteiger partial charge in [-0.2, -0.15) is 0 Å². The van der Waals surface area contributed by atoms with Crippen molar-refractivity contribution >= 4 is 11.8 Å². The van der Waals surface area contributed by atoms with Gasteiger partial charge in [-0.15, -0.1) is 0 Å². The van der Waals surface area contributed by atoms with Crippen LogP contribution in [0.25, 0.3) is 0 Å². The SMILES string of the molecule is O=C(NCC(=O)N1CCNCC1)c1cc(=O)[nH]c(=O)[nH]1. The standard InChI is InChI=1S/C11H15N5O4/c17-8-5-7(14-11(20)15-8)10(19)13-6-9(18)16-3-1-12-2-4-16/h5,12H,1-4,6H2,(H,13,19)(H2,14,15,17,20). The number of hydrogen-bond acceptors (Lipinski definition) is 5. The van der Waals surface area contributed by atoms with Crippen LogP contribution in [-0.4, -0.2) is 59.4 Å². The summed E-state index contributed by atoms with van der Waals surface area (Å²) in [5.74, 6) is -0.872. The predicted molar refractivity (Wildman–Crippen MR) is 69.5 cm³/mol. The first-order chi connectivity index (χ1) is 9.56. The molecule has 9 heteroatoms. The summed E-state index contributed by atoms with van der Waals surface area (Å²) in [5.41, 5.74) is -1.62. The third-order valence-electron chi connectivity index (χ3n) is 2.87. The van der Waals surface area contributed by atoms with Crippen LogP contribution < -0.4 is 21.9 Å². The third kappa shape index (κ3) is 3.54. The van der Waals surface area contributed by atoms with Crippen LogP contribution in [0.3, 0.4) is 0 Å². The number of carbonyl (C=O) groups is 2. The Balaban J connectivity index is 1.93. The molecular weight excluding hydrogens is 266 g/mol. The minimum absolute atomic E-state index is 0.173. The normalized spacial score (nSPS) is 14.9. The molecule has 2 heterocycles. The van der Waals surface area contributed by atoms with E-state index in [2.05, 4.69) is 15.6 Å². The Hall–Kier alpha value is -2.42. The quantitative estimate of drug-likeness (QED) is 0.477. The van der Waals surface area contributed by atoms with Gasteiger partial charge < -0.3 is 20.5 Å². The Morgan fingerprint density at radius 3 is 2.55 bits per heavy atom. The largest absolute Gasteiger partial charge is 0.342 e. The number of nitrogens with zero attached hydrogens (tertiary/aromatic N) is 1. The highest BCUT2D eigenvalue weighted by molar-refractivity contribution is 5.94. The molecule has 20 heavy (non-hydrogen) atoms. The number of rotatable bonds is 3. The minimum atomic E-state index is -0.768. The maximum absolute atomic E-state index is 11.8. The van der Waals surface area contributed by atoms with Crippen molar-refractivity contribution in [1.82, 2.24) is 25.5 Å². The highest BCUT2D eigenvalue weighted by atomic mass is 16.2. The summed E-state index contributed by atoms with van der Waals surface area (Å²) < 4.78 is 0. The molecule has 0 aliphatic carbocycles. The van der Waals surface area contributed by atoms with Crippen molar-refractivity contribution in [1.29, 1.82) is 0 Å². The van der Waals surface area contributed by atoms with Crippen LogP contribution in [-0.2, 0) is 4.79 Å². The second-order valence-corrected chi connectivity index (χ2v) is 4.31. The fourth-order valence-corrected chi connectivity index (χ4v) is 1.87. The van der Waals surface area contributed by atoms with Crippen molar-refractivity contribution < 1.29 is 9.59 Å². The molecule has 4 N–H and O–H groups in total. The summed E-state index contributed by atoms with van der Waals surface area (Å²) in [6.07, 6.45) is 0. The number of aromatic amines is 2. The lowest BCUT2D eigenvalue weighted by atomic mass is 10.3. The van der Waals surface area contributed by atoms with E-state index >= 15 is 0 Å². The second-order valence-electron chi connectivity index (χ2n) is 4.31.